The number of unbranched alkanes of at least 4 members (excludes halogenated alkanes) is 1. The van der Waals surface area contributed by atoms with Crippen LogP contribution in [0.5, 0.6) is 0 Å². The van der Waals surface area contributed by atoms with Crippen LogP contribution in [0.3, 0.4) is 0 Å². The predicted octanol–water partition coefficient (Wildman–Crippen LogP) is 5.69. The zero-order chi connectivity index (χ0) is 29.6. The molecular formula is C32H37N3O6. The summed E-state index contributed by atoms with van der Waals surface area (Å²) >= 11 is 0. The lowest BCUT2D eigenvalue weighted by Crippen LogP contribution is -2.37. The topological polar surface area (TPSA) is 125 Å². The van der Waals surface area contributed by atoms with Crippen molar-refractivity contribution in [3.8, 4) is 0 Å². The zero-order valence-electron chi connectivity index (χ0n) is 23.5. The first-order chi connectivity index (χ1) is 19.8. The third-order valence-corrected chi connectivity index (χ3v) is 6.47. The molecule has 3 rings (SSSR count). The molecule has 0 spiro atoms. The van der Waals surface area contributed by atoms with Gasteiger partial charge in [-0.2, -0.15) is 0 Å². The molecule has 0 aliphatic carbocycles. The van der Waals surface area contributed by atoms with Gasteiger partial charge in [0.25, 0.3) is 5.91 Å². The van der Waals surface area contributed by atoms with E-state index in [9.17, 15) is 19.2 Å². The molecule has 9 heteroatoms. The minimum atomic E-state index is -0.982. The lowest BCUT2D eigenvalue weighted by Gasteiger charge is -2.27. The number of carboxylic acids is 1. The molecule has 3 aromatic rings. The Bertz CT molecular complexity index is 1290. The monoisotopic (exact) mass is 559 g/mol. The van der Waals surface area contributed by atoms with E-state index >= 15 is 0 Å². The summed E-state index contributed by atoms with van der Waals surface area (Å²) in [6, 6.07) is 23.1. The molecule has 41 heavy (non-hydrogen) atoms. The highest BCUT2D eigenvalue weighted by Gasteiger charge is 2.19. The molecule has 0 saturated heterocycles. The van der Waals surface area contributed by atoms with E-state index in [0.29, 0.717) is 36.5 Å². The number of nitrogens with zero attached hydrogens (tertiary/aromatic N) is 1. The number of nitrogens with one attached hydrogen (secondary N) is 2. The van der Waals surface area contributed by atoms with Crippen molar-refractivity contribution in [3.63, 3.8) is 0 Å². The van der Waals surface area contributed by atoms with E-state index < -0.39 is 11.9 Å². The van der Waals surface area contributed by atoms with Crippen molar-refractivity contribution < 1.29 is 29.0 Å². The lowest BCUT2D eigenvalue weighted by atomic mass is 10.0. The van der Waals surface area contributed by atoms with E-state index in [2.05, 4.69) is 17.6 Å². The molecule has 1 atom stereocenters. The van der Waals surface area contributed by atoms with Crippen molar-refractivity contribution in [1.29, 1.82) is 0 Å². The number of rotatable bonds is 14. The first-order valence-corrected chi connectivity index (χ1v) is 13.7. The van der Waals surface area contributed by atoms with Gasteiger partial charge in [-0.05, 0) is 59.9 Å². The van der Waals surface area contributed by atoms with Crippen LogP contribution >= 0.6 is 0 Å². The van der Waals surface area contributed by atoms with Gasteiger partial charge in [0.2, 0.25) is 0 Å². The van der Waals surface area contributed by atoms with Crippen LogP contribution in [-0.4, -0.2) is 53.6 Å². The van der Waals surface area contributed by atoms with Gasteiger partial charge >= 0.3 is 18.0 Å². The van der Waals surface area contributed by atoms with Crippen LogP contribution in [0.1, 0.15) is 70.9 Å². The number of benzene rings is 3. The average molecular weight is 560 g/mol. The molecule has 1 unspecified atom stereocenters. The third kappa shape index (κ3) is 10.1. The minimum absolute atomic E-state index is 0.0439. The molecule has 0 saturated carbocycles. The molecule has 0 aliphatic heterocycles. The summed E-state index contributed by atoms with van der Waals surface area (Å²) in [5.41, 5.74) is 3.30. The summed E-state index contributed by atoms with van der Waals surface area (Å²) in [6.45, 7) is 5.23. The number of carbonyl (C=O) groups is 4. The number of esters is 1. The highest BCUT2D eigenvalue weighted by molar-refractivity contribution is 5.94. The fraction of sp³-hybridized carbons (Fsp3) is 0.312. The Labute approximate surface area is 240 Å². The molecular weight excluding hydrogens is 522 g/mol. The Kier molecular flexibility index (Phi) is 11.9. The van der Waals surface area contributed by atoms with Gasteiger partial charge < -0.3 is 25.4 Å². The Hall–Kier alpha value is -4.66. The smallest absolute Gasteiger partial charge is 0.338 e. The van der Waals surface area contributed by atoms with Gasteiger partial charge in [0, 0.05) is 30.9 Å². The van der Waals surface area contributed by atoms with E-state index in [4.69, 9.17) is 9.84 Å². The van der Waals surface area contributed by atoms with Crippen molar-refractivity contribution in [2.75, 3.05) is 25.0 Å². The number of hydrogen-bond donors (Lipinski definition) is 3. The zero-order valence-corrected chi connectivity index (χ0v) is 23.5. The Morgan fingerprint density at radius 3 is 2.20 bits per heavy atom. The van der Waals surface area contributed by atoms with Gasteiger partial charge in [-0.1, -0.05) is 62.7 Å². The van der Waals surface area contributed by atoms with E-state index in [1.807, 2.05) is 37.3 Å². The molecule has 3 amide bonds. The van der Waals surface area contributed by atoms with Crippen molar-refractivity contribution in [2.24, 2.45) is 0 Å². The molecule has 0 radical (unpaired) electrons. The molecule has 9 nitrogen and oxygen atoms in total. The second-order valence-corrected chi connectivity index (χ2v) is 9.79. The average Bonchev–Trinajstić information content (AvgIpc) is 2.97. The van der Waals surface area contributed by atoms with Crippen LogP contribution < -0.4 is 10.6 Å². The number of urea groups is 1. The van der Waals surface area contributed by atoms with Gasteiger partial charge in [-0.3, -0.25) is 9.59 Å². The van der Waals surface area contributed by atoms with Crippen LogP contribution in [0.15, 0.2) is 78.9 Å². The number of amides is 3. The van der Waals surface area contributed by atoms with Crippen LogP contribution in [0, 0.1) is 0 Å². The third-order valence-electron chi connectivity index (χ3n) is 6.47. The maximum Gasteiger partial charge on any atom is 0.338 e. The second-order valence-electron chi connectivity index (χ2n) is 9.79. The van der Waals surface area contributed by atoms with Crippen LogP contribution in [0.4, 0.5) is 10.5 Å². The molecule has 0 aliphatic rings. The molecule has 0 fully saturated rings. The van der Waals surface area contributed by atoms with Gasteiger partial charge in [0.05, 0.1) is 18.6 Å². The van der Waals surface area contributed by atoms with Crippen molar-refractivity contribution in [1.82, 2.24) is 10.2 Å². The number of ether oxygens (including phenoxy) is 1. The van der Waals surface area contributed by atoms with Crippen molar-refractivity contribution >= 4 is 29.6 Å². The Morgan fingerprint density at radius 1 is 0.902 bits per heavy atom. The molecule has 3 aromatic carbocycles. The maximum absolute atomic E-state index is 13.4. The number of aliphatic carboxylic acids is 1. The molecule has 3 N–H and O–H groups in total. The first-order valence-electron chi connectivity index (χ1n) is 13.7. The van der Waals surface area contributed by atoms with Crippen LogP contribution in [0.25, 0.3) is 0 Å². The SMILES string of the molecule is CCCCOC(=O)c1ccc(NC(=O)N(Cc2ccc(C(=O)NCCC(=O)O)cc2)CC(C)c2ccccc2)cc1. The van der Waals surface area contributed by atoms with E-state index in [-0.39, 0.29) is 30.8 Å². The standard InChI is InChI=1S/C32H37N3O6/c1-3-4-20-41-31(39)27-14-16-28(17-15-27)34-32(40)35(21-23(2)25-8-6-5-7-9-25)22-24-10-12-26(13-11-24)30(38)33-19-18-29(36)37/h5-17,23H,3-4,18-22H2,1-2H3,(H,33,38)(H,34,40)(H,36,37). The van der Waals surface area contributed by atoms with Gasteiger partial charge in [0.1, 0.15) is 0 Å². The predicted molar refractivity (Wildman–Crippen MR) is 157 cm³/mol. The fourth-order valence-electron chi connectivity index (χ4n) is 4.09. The maximum atomic E-state index is 13.4. The number of carboxylic acid groups (broad SMARTS) is 1. The minimum Gasteiger partial charge on any atom is -0.481 e. The fourth-order valence-corrected chi connectivity index (χ4v) is 4.09. The van der Waals surface area contributed by atoms with Crippen LogP contribution in [0.2, 0.25) is 0 Å². The first kappa shape index (κ1) is 30.9. The van der Waals surface area contributed by atoms with E-state index in [1.165, 1.54) is 0 Å². The molecule has 0 aromatic heterocycles. The molecule has 0 bridgehead atoms. The quantitative estimate of drug-likeness (QED) is 0.172. The summed E-state index contributed by atoms with van der Waals surface area (Å²) in [4.78, 5) is 50.3. The molecule has 0 heterocycles. The number of hydrogen-bond acceptors (Lipinski definition) is 5. The largest absolute Gasteiger partial charge is 0.481 e. The summed E-state index contributed by atoms with van der Waals surface area (Å²) in [5.74, 6) is -1.68. The van der Waals surface area contributed by atoms with Crippen molar-refractivity contribution in [3.05, 3.63) is 101 Å². The number of anilines is 1. The van der Waals surface area contributed by atoms with Gasteiger partial charge in [-0.15, -0.1) is 0 Å². The van der Waals surface area contributed by atoms with Crippen LogP contribution in [-0.2, 0) is 16.1 Å². The van der Waals surface area contributed by atoms with E-state index in [1.54, 1.807) is 53.4 Å². The summed E-state index contributed by atoms with van der Waals surface area (Å²) in [5, 5.41) is 14.3. The highest BCUT2D eigenvalue weighted by Crippen LogP contribution is 2.20. The molecule has 216 valence electrons. The lowest BCUT2D eigenvalue weighted by molar-refractivity contribution is -0.136. The normalized spacial score (nSPS) is 11.3. The van der Waals surface area contributed by atoms with E-state index in [0.717, 1.165) is 24.0 Å². The highest BCUT2D eigenvalue weighted by atomic mass is 16.5. The second kappa shape index (κ2) is 15.8. The van der Waals surface area contributed by atoms with Gasteiger partial charge in [0.15, 0.2) is 0 Å². The van der Waals surface area contributed by atoms with Gasteiger partial charge in [-0.25, -0.2) is 9.59 Å². The Morgan fingerprint density at radius 2 is 1.56 bits per heavy atom. The van der Waals surface area contributed by atoms with Crippen molar-refractivity contribution in [2.45, 2.75) is 45.6 Å². The summed E-state index contributed by atoms with van der Waals surface area (Å²) in [6.07, 6.45) is 1.59. The summed E-state index contributed by atoms with van der Waals surface area (Å²) < 4.78 is 5.25. The summed E-state index contributed by atoms with van der Waals surface area (Å²) in [7, 11) is 0. The number of carbonyl (C=O) groups excluding carboxylic acids is 3. The Balaban J connectivity index is 1.70.